The molecule has 0 amide bonds. The predicted molar refractivity (Wildman–Crippen MR) is 87.5 cm³/mol. The zero-order chi connectivity index (χ0) is 14.6. The third-order valence-corrected chi connectivity index (χ3v) is 5.59. The first-order valence-corrected chi connectivity index (χ1v) is 8.75. The van der Waals surface area contributed by atoms with Crippen LogP contribution < -0.4 is 5.32 Å². The summed E-state index contributed by atoms with van der Waals surface area (Å²) in [4.78, 5) is 6.73. The van der Waals surface area contributed by atoms with Gasteiger partial charge in [0.2, 0.25) is 0 Å². The molecule has 0 spiro atoms. The molecule has 0 aromatic rings. The van der Waals surface area contributed by atoms with Gasteiger partial charge in [-0.05, 0) is 26.7 Å². The predicted octanol–water partition coefficient (Wildman–Crippen LogP) is 2.08. The van der Waals surface area contributed by atoms with E-state index in [9.17, 15) is 5.11 Å². The standard InChI is InChI=1S/C15H29N3OS/c1-14(2)12-18(9-10-20-14)13(16-3)17-11-15(19)7-5-4-6-8-15/h19H,4-12H2,1-3H3,(H,16,17). The molecule has 0 atom stereocenters. The third-order valence-electron chi connectivity index (χ3n) is 4.30. The Morgan fingerprint density at radius 3 is 2.60 bits per heavy atom. The van der Waals surface area contributed by atoms with Crippen molar-refractivity contribution in [1.82, 2.24) is 10.2 Å². The molecule has 5 heteroatoms. The molecule has 0 aromatic carbocycles. The lowest BCUT2D eigenvalue weighted by atomic mass is 9.85. The summed E-state index contributed by atoms with van der Waals surface area (Å²) in [6.45, 7) is 7.24. The molecule has 116 valence electrons. The van der Waals surface area contributed by atoms with Gasteiger partial charge in [-0.15, -0.1) is 0 Å². The van der Waals surface area contributed by atoms with E-state index in [1.807, 2.05) is 18.8 Å². The summed E-state index contributed by atoms with van der Waals surface area (Å²) < 4.78 is 0.275. The van der Waals surface area contributed by atoms with Gasteiger partial charge < -0.3 is 15.3 Å². The summed E-state index contributed by atoms with van der Waals surface area (Å²) in [5, 5.41) is 14.0. The molecule has 20 heavy (non-hydrogen) atoms. The van der Waals surface area contributed by atoms with Crippen LogP contribution in [0, 0.1) is 0 Å². The van der Waals surface area contributed by atoms with Gasteiger partial charge in [-0.3, -0.25) is 4.99 Å². The van der Waals surface area contributed by atoms with Crippen LogP contribution in [0.2, 0.25) is 0 Å². The molecule has 1 heterocycles. The zero-order valence-electron chi connectivity index (χ0n) is 13.1. The first-order chi connectivity index (χ1) is 9.44. The maximum atomic E-state index is 10.6. The normalized spacial score (nSPS) is 26.4. The fourth-order valence-corrected chi connectivity index (χ4v) is 4.27. The van der Waals surface area contributed by atoms with Crippen molar-refractivity contribution < 1.29 is 5.11 Å². The average molecular weight is 299 g/mol. The van der Waals surface area contributed by atoms with Crippen molar-refractivity contribution in [2.24, 2.45) is 4.99 Å². The van der Waals surface area contributed by atoms with Gasteiger partial charge in [0, 0.05) is 37.2 Å². The highest BCUT2D eigenvalue weighted by atomic mass is 32.2. The van der Waals surface area contributed by atoms with Gasteiger partial charge >= 0.3 is 0 Å². The summed E-state index contributed by atoms with van der Waals surface area (Å²) in [7, 11) is 1.84. The van der Waals surface area contributed by atoms with Crippen LogP contribution in [0.3, 0.4) is 0 Å². The van der Waals surface area contributed by atoms with E-state index in [2.05, 4.69) is 29.1 Å². The number of aliphatic hydroxyl groups is 1. The largest absolute Gasteiger partial charge is 0.388 e. The van der Waals surface area contributed by atoms with E-state index < -0.39 is 5.60 Å². The van der Waals surface area contributed by atoms with E-state index in [-0.39, 0.29) is 4.75 Å². The lowest BCUT2D eigenvalue weighted by Crippen LogP contribution is -2.54. The van der Waals surface area contributed by atoms with Crippen molar-refractivity contribution in [3.63, 3.8) is 0 Å². The summed E-state index contributed by atoms with van der Waals surface area (Å²) in [5.74, 6) is 2.08. The zero-order valence-corrected chi connectivity index (χ0v) is 13.9. The van der Waals surface area contributed by atoms with Gasteiger partial charge in [0.1, 0.15) is 0 Å². The van der Waals surface area contributed by atoms with Crippen LogP contribution in [-0.2, 0) is 0 Å². The Balaban J connectivity index is 1.89. The van der Waals surface area contributed by atoms with Crippen molar-refractivity contribution in [3.8, 4) is 0 Å². The van der Waals surface area contributed by atoms with Crippen LogP contribution in [0.1, 0.15) is 46.0 Å². The molecule has 0 unspecified atom stereocenters. The van der Waals surface area contributed by atoms with E-state index in [0.717, 1.165) is 50.5 Å². The first kappa shape index (κ1) is 16.0. The highest BCUT2D eigenvalue weighted by molar-refractivity contribution is 8.00. The number of nitrogens with zero attached hydrogens (tertiary/aromatic N) is 2. The van der Waals surface area contributed by atoms with Crippen LogP contribution >= 0.6 is 11.8 Å². The fraction of sp³-hybridized carbons (Fsp3) is 0.933. The van der Waals surface area contributed by atoms with Crippen molar-refractivity contribution in [1.29, 1.82) is 0 Å². The van der Waals surface area contributed by atoms with Gasteiger partial charge in [-0.1, -0.05) is 19.3 Å². The number of hydrogen-bond donors (Lipinski definition) is 2. The quantitative estimate of drug-likeness (QED) is 0.605. The SMILES string of the molecule is CN=C(NCC1(O)CCCCC1)N1CCSC(C)(C)C1. The van der Waals surface area contributed by atoms with Crippen molar-refractivity contribution in [2.45, 2.75) is 56.3 Å². The molecule has 1 aliphatic carbocycles. The first-order valence-electron chi connectivity index (χ1n) is 7.76. The van der Waals surface area contributed by atoms with Gasteiger partial charge in [0.05, 0.1) is 5.60 Å². The Morgan fingerprint density at radius 2 is 2.00 bits per heavy atom. The van der Waals surface area contributed by atoms with Crippen molar-refractivity contribution >= 4 is 17.7 Å². The molecule has 4 nitrogen and oxygen atoms in total. The Kier molecular flexibility index (Phi) is 5.24. The molecular weight excluding hydrogens is 270 g/mol. The van der Waals surface area contributed by atoms with Crippen LogP contribution in [0.25, 0.3) is 0 Å². The maximum Gasteiger partial charge on any atom is 0.193 e. The maximum absolute atomic E-state index is 10.6. The monoisotopic (exact) mass is 299 g/mol. The minimum atomic E-state index is -0.533. The number of rotatable bonds is 2. The number of hydrogen-bond acceptors (Lipinski definition) is 3. The van der Waals surface area contributed by atoms with Crippen molar-refractivity contribution in [3.05, 3.63) is 0 Å². The van der Waals surface area contributed by atoms with Gasteiger partial charge in [-0.2, -0.15) is 11.8 Å². The van der Waals surface area contributed by atoms with E-state index in [1.54, 1.807) is 0 Å². The Bertz CT molecular complexity index is 351. The molecule has 1 saturated heterocycles. The molecule has 2 rings (SSSR count). The number of guanidine groups is 1. The van der Waals surface area contributed by atoms with Crippen LogP contribution in [0.5, 0.6) is 0 Å². The highest BCUT2D eigenvalue weighted by Crippen LogP contribution is 2.30. The Labute approximate surface area is 127 Å². The molecule has 0 aromatic heterocycles. The number of thioether (sulfide) groups is 1. The van der Waals surface area contributed by atoms with Gasteiger partial charge in [0.15, 0.2) is 5.96 Å². The molecular formula is C15H29N3OS. The second kappa shape index (κ2) is 6.56. The molecule has 0 bridgehead atoms. The molecule has 0 radical (unpaired) electrons. The minimum Gasteiger partial charge on any atom is -0.388 e. The lowest BCUT2D eigenvalue weighted by Gasteiger charge is -2.40. The number of aliphatic imine (C=N–C) groups is 1. The van der Waals surface area contributed by atoms with Crippen LogP contribution in [-0.4, -0.2) is 58.7 Å². The second-order valence-corrected chi connectivity index (χ2v) is 8.52. The van der Waals surface area contributed by atoms with E-state index in [4.69, 9.17) is 0 Å². The summed E-state index contributed by atoms with van der Waals surface area (Å²) in [6, 6.07) is 0. The van der Waals surface area contributed by atoms with Crippen LogP contribution in [0.4, 0.5) is 0 Å². The summed E-state index contributed by atoms with van der Waals surface area (Å²) >= 11 is 2.02. The fourth-order valence-electron chi connectivity index (χ4n) is 3.16. The van der Waals surface area contributed by atoms with Crippen molar-refractivity contribution in [2.75, 3.05) is 32.4 Å². The average Bonchev–Trinajstić information content (AvgIpc) is 2.39. The van der Waals surface area contributed by atoms with E-state index >= 15 is 0 Å². The molecule has 2 N–H and O–H groups in total. The topological polar surface area (TPSA) is 47.9 Å². The lowest BCUT2D eigenvalue weighted by molar-refractivity contribution is 0.00811. The molecule has 1 aliphatic heterocycles. The third kappa shape index (κ3) is 4.29. The molecule has 1 saturated carbocycles. The number of nitrogens with one attached hydrogen (secondary N) is 1. The van der Waals surface area contributed by atoms with Crippen LogP contribution in [0.15, 0.2) is 4.99 Å². The van der Waals surface area contributed by atoms with E-state index in [1.165, 1.54) is 6.42 Å². The van der Waals surface area contributed by atoms with Gasteiger partial charge in [-0.25, -0.2) is 0 Å². The Hall–Kier alpha value is -0.420. The minimum absolute atomic E-state index is 0.275. The van der Waals surface area contributed by atoms with Gasteiger partial charge in [0.25, 0.3) is 0 Å². The second-order valence-electron chi connectivity index (χ2n) is 6.72. The smallest absolute Gasteiger partial charge is 0.193 e. The molecule has 2 fully saturated rings. The summed E-state index contributed by atoms with van der Waals surface area (Å²) in [5.41, 5.74) is -0.533. The molecule has 2 aliphatic rings. The Morgan fingerprint density at radius 1 is 1.30 bits per heavy atom. The van der Waals surface area contributed by atoms with E-state index in [0.29, 0.717) is 6.54 Å². The summed E-state index contributed by atoms with van der Waals surface area (Å²) in [6.07, 6.45) is 5.37. The highest BCUT2D eigenvalue weighted by Gasteiger charge is 2.32.